The average Bonchev–Trinajstić information content (AvgIpc) is 2.45. The molecular weight excluding hydrogens is 338 g/mol. The van der Waals surface area contributed by atoms with E-state index in [-0.39, 0.29) is 35.2 Å². The highest BCUT2D eigenvalue weighted by molar-refractivity contribution is 7.89. The van der Waals surface area contributed by atoms with Crippen LogP contribution in [-0.2, 0) is 14.8 Å². The largest absolute Gasteiger partial charge is 0.349 e. The Bertz CT molecular complexity index is 647. The molecule has 0 bridgehead atoms. The summed E-state index contributed by atoms with van der Waals surface area (Å²) in [6.07, 6.45) is 0. The zero-order valence-corrected chi connectivity index (χ0v) is 15.1. The standard InChI is InChI=1S/C15H23N3O3S.ClH/c1-10(13-8-17-9-13)15(19)18-11(2)12-5-4-6-14(7-12)22(20,21)16-3;/h4-7,10-11,13,16-17H,8-9H2,1-3H3,(H,18,19);1H. The monoisotopic (exact) mass is 361 g/mol. The van der Waals surface area contributed by atoms with Gasteiger partial charge in [0.15, 0.2) is 0 Å². The van der Waals surface area contributed by atoms with E-state index in [9.17, 15) is 13.2 Å². The van der Waals surface area contributed by atoms with Crippen LogP contribution in [0.5, 0.6) is 0 Å². The van der Waals surface area contributed by atoms with E-state index in [1.54, 1.807) is 12.1 Å². The lowest BCUT2D eigenvalue weighted by atomic mass is 9.88. The Kier molecular flexibility index (Phi) is 7.01. The summed E-state index contributed by atoms with van der Waals surface area (Å²) in [4.78, 5) is 12.4. The van der Waals surface area contributed by atoms with Crippen LogP contribution in [0.4, 0.5) is 0 Å². The maximum Gasteiger partial charge on any atom is 0.240 e. The number of rotatable bonds is 6. The van der Waals surface area contributed by atoms with Gasteiger partial charge >= 0.3 is 0 Å². The van der Waals surface area contributed by atoms with E-state index in [1.807, 2.05) is 19.9 Å². The van der Waals surface area contributed by atoms with Gasteiger partial charge in [-0.15, -0.1) is 12.4 Å². The Morgan fingerprint density at radius 1 is 1.30 bits per heavy atom. The molecule has 23 heavy (non-hydrogen) atoms. The lowest BCUT2D eigenvalue weighted by molar-refractivity contribution is -0.127. The number of hydrogen-bond donors (Lipinski definition) is 3. The van der Waals surface area contributed by atoms with Crippen LogP contribution in [-0.4, -0.2) is 34.5 Å². The van der Waals surface area contributed by atoms with Crippen LogP contribution in [0.2, 0.25) is 0 Å². The molecule has 1 aromatic rings. The molecule has 1 aliphatic rings. The van der Waals surface area contributed by atoms with Gasteiger partial charge in [-0.3, -0.25) is 4.79 Å². The molecule has 0 saturated carbocycles. The predicted octanol–water partition coefficient (Wildman–Crippen LogP) is 1.05. The molecule has 130 valence electrons. The van der Waals surface area contributed by atoms with Gasteiger partial charge in [-0.05, 0) is 50.7 Å². The van der Waals surface area contributed by atoms with Gasteiger partial charge in [0.05, 0.1) is 10.9 Å². The van der Waals surface area contributed by atoms with Crippen molar-refractivity contribution in [2.45, 2.75) is 24.8 Å². The van der Waals surface area contributed by atoms with Crippen LogP contribution in [0.3, 0.4) is 0 Å². The minimum Gasteiger partial charge on any atom is -0.349 e. The number of carbonyl (C=O) groups is 1. The highest BCUT2D eigenvalue weighted by Crippen LogP contribution is 2.20. The second-order valence-electron chi connectivity index (χ2n) is 5.72. The summed E-state index contributed by atoms with van der Waals surface area (Å²) in [7, 11) is -2.10. The first kappa shape index (κ1) is 19.9. The summed E-state index contributed by atoms with van der Waals surface area (Å²) in [6, 6.07) is 6.38. The summed E-state index contributed by atoms with van der Waals surface area (Å²) in [5.41, 5.74) is 0.767. The third kappa shape index (κ3) is 4.67. The van der Waals surface area contributed by atoms with Crippen molar-refractivity contribution in [3.05, 3.63) is 29.8 Å². The molecule has 1 aromatic carbocycles. The van der Waals surface area contributed by atoms with Crippen molar-refractivity contribution in [3.63, 3.8) is 0 Å². The highest BCUT2D eigenvalue weighted by atomic mass is 35.5. The number of halogens is 1. The minimum absolute atomic E-state index is 0. The van der Waals surface area contributed by atoms with Crippen molar-refractivity contribution < 1.29 is 13.2 Å². The van der Waals surface area contributed by atoms with E-state index in [2.05, 4.69) is 15.4 Å². The van der Waals surface area contributed by atoms with E-state index in [4.69, 9.17) is 0 Å². The van der Waals surface area contributed by atoms with Crippen molar-refractivity contribution in [1.29, 1.82) is 0 Å². The van der Waals surface area contributed by atoms with Crippen molar-refractivity contribution in [3.8, 4) is 0 Å². The lowest BCUT2D eigenvalue weighted by Gasteiger charge is -2.32. The number of amides is 1. The molecule has 0 aliphatic carbocycles. The molecule has 0 spiro atoms. The van der Waals surface area contributed by atoms with Crippen molar-refractivity contribution >= 4 is 28.3 Å². The Balaban J connectivity index is 0.00000264. The van der Waals surface area contributed by atoms with Gasteiger partial charge in [-0.25, -0.2) is 13.1 Å². The normalized spacial score (nSPS) is 17.5. The zero-order valence-electron chi connectivity index (χ0n) is 13.5. The molecule has 1 fully saturated rings. The maximum absolute atomic E-state index is 12.2. The van der Waals surface area contributed by atoms with E-state index < -0.39 is 10.0 Å². The molecule has 0 radical (unpaired) electrons. The van der Waals surface area contributed by atoms with Gasteiger partial charge in [-0.2, -0.15) is 0 Å². The predicted molar refractivity (Wildman–Crippen MR) is 92.0 cm³/mol. The number of carbonyl (C=O) groups excluding carboxylic acids is 1. The number of hydrogen-bond acceptors (Lipinski definition) is 4. The summed E-state index contributed by atoms with van der Waals surface area (Å²) < 4.78 is 26.0. The van der Waals surface area contributed by atoms with Gasteiger partial charge in [0.2, 0.25) is 15.9 Å². The van der Waals surface area contributed by atoms with E-state index in [0.717, 1.165) is 18.7 Å². The third-order valence-corrected chi connectivity index (χ3v) is 5.64. The van der Waals surface area contributed by atoms with Gasteiger partial charge in [0.25, 0.3) is 0 Å². The second kappa shape index (κ2) is 8.10. The fourth-order valence-corrected chi connectivity index (χ4v) is 3.16. The Morgan fingerprint density at radius 2 is 1.96 bits per heavy atom. The quantitative estimate of drug-likeness (QED) is 0.706. The fraction of sp³-hybridized carbons (Fsp3) is 0.533. The molecule has 1 heterocycles. The zero-order chi connectivity index (χ0) is 16.3. The van der Waals surface area contributed by atoms with Crippen molar-refractivity contribution in [2.75, 3.05) is 20.1 Å². The van der Waals surface area contributed by atoms with Gasteiger partial charge in [-0.1, -0.05) is 19.1 Å². The summed E-state index contributed by atoms with van der Waals surface area (Å²) in [6.45, 7) is 5.53. The first-order valence-corrected chi connectivity index (χ1v) is 8.88. The first-order chi connectivity index (χ1) is 10.3. The Morgan fingerprint density at radius 3 is 2.48 bits per heavy atom. The molecule has 6 nitrogen and oxygen atoms in total. The molecule has 1 amide bonds. The first-order valence-electron chi connectivity index (χ1n) is 7.39. The highest BCUT2D eigenvalue weighted by Gasteiger charge is 2.29. The summed E-state index contributed by atoms with van der Waals surface area (Å²) in [5, 5.41) is 6.12. The van der Waals surface area contributed by atoms with Crippen LogP contribution in [0.25, 0.3) is 0 Å². The Hall–Kier alpha value is -1.15. The van der Waals surface area contributed by atoms with Crippen molar-refractivity contribution in [1.82, 2.24) is 15.4 Å². The van der Waals surface area contributed by atoms with E-state index in [0.29, 0.717) is 5.92 Å². The third-order valence-electron chi connectivity index (χ3n) is 4.23. The molecule has 8 heteroatoms. The number of sulfonamides is 1. The van der Waals surface area contributed by atoms with Crippen LogP contribution in [0, 0.1) is 11.8 Å². The molecule has 2 atom stereocenters. The van der Waals surface area contributed by atoms with Crippen LogP contribution in [0.15, 0.2) is 29.2 Å². The Labute approximate surface area is 143 Å². The SMILES string of the molecule is CNS(=O)(=O)c1cccc(C(C)NC(=O)C(C)C2CNC2)c1.Cl. The molecular formula is C15H24ClN3O3S. The van der Waals surface area contributed by atoms with Gasteiger partial charge < -0.3 is 10.6 Å². The van der Waals surface area contributed by atoms with Crippen molar-refractivity contribution in [2.24, 2.45) is 11.8 Å². The number of benzene rings is 1. The van der Waals surface area contributed by atoms with Crippen LogP contribution < -0.4 is 15.4 Å². The van der Waals surface area contributed by atoms with Gasteiger partial charge in [0, 0.05) is 5.92 Å². The van der Waals surface area contributed by atoms with E-state index in [1.165, 1.54) is 13.1 Å². The minimum atomic E-state index is -3.48. The van der Waals surface area contributed by atoms with E-state index >= 15 is 0 Å². The van der Waals surface area contributed by atoms with Gasteiger partial charge in [0.1, 0.15) is 0 Å². The lowest BCUT2D eigenvalue weighted by Crippen LogP contribution is -2.49. The maximum atomic E-state index is 12.2. The smallest absolute Gasteiger partial charge is 0.240 e. The van der Waals surface area contributed by atoms with Crippen LogP contribution in [0.1, 0.15) is 25.5 Å². The van der Waals surface area contributed by atoms with Crippen LogP contribution >= 0.6 is 12.4 Å². The summed E-state index contributed by atoms with van der Waals surface area (Å²) in [5.74, 6) is 0.331. The fourth-order valence-electron chi connectivity index (χ4n) is 2.38. The molecule has 1 saturated heterocycles. The topological polar surface area (TPSA) is 87.3 Å². The molecule has 1 aliphatic heterocycles. The molecule has 3 N–H and O–H groups in total. The second-order valence-corrected chi connectivity index (χ2v) is 7.60. The molecule has 2 unspecified atom stereocenters. The average molecular weight is 362 g/mol. The molecule has 0 aromatic heterocycles. The molecule has 2 rings (SSSR count). The number of nitrogens with one attached hydrogen (secondary N) is 3. The summed E-state index contributed by atoms with van der Waals surface area (Å²) >= 11 is 0.